The highest BCUT2D eigenvalue weighted by atomic mass is 32.2. The molecule has 3 unspecified atom stereocenters. The third kappa shape index (κ3) is 4.45. The molecule has 7 nitrogen and oxygen atoms in total. The summed E-state index contributed by atoms with van der Waals surface area (Å²) in [6, 6.07) is -0.544. The predicted molar refractivity (Wildman–Crippen MR) is 137 cm³/mol. The fraction of sp³-hybridized carbons (Fsp3) is 0.741. The van der Waals surface area contributed by atoms with Crippen molar-refractivity contribution < 1.29 is 24.2 Å². The Kier molecular flexibility index (Phi) is 8.31. The standard InChI is InChI=1S/C27H40N2O5S/c1-4-6-10-16-34-26(33)21-20-17-18(3)27(35-20)22(21)24(31)29(14-15-30)23(27)25(32)28(13-5-2)19-11-8-7-9-12-19/h4-5,18-23,30H,1-2,6-17H2,3H3/t18?,20-,21+,22-,23?,27?/m0/s1. The molecule has 1 saturated carbocycles. The van der Waals surface area contributed by atoms with E-state index in [1.807, 2.05) is 4.90 Å². The number of nitrogens with zero attached hydrogens (tertiary/aromatic N) is 2. The van der Waals surface area contributed by atoms with E-state index in [1.165, 1.54) is 6.42 Å². The van der Waals surface area contributed by atoms with Gasteiger partial charge in [-0.05, 0) is 38.0 Å². The van der Waals surface area contributed by atoms with E-state index in [2.05, 4.69) is 20.1 Å². The van der Waals surface area contributed by atoms with Crippen LogP contribution in [0.5, 0.6) is 0 Å². The van der Waals surface area contributed by atoms with Crippen molar-refractivity contribution in [1.29, 1.82) is 0 Å². The lowest BCUT2D eigenvalue weighted by atomic mass is 9.66. The highest BCUT2D eigenvalue weighted by molar-refractivity contribution is 8.02. The number of unbranched alkanes of at least 4 members (excludes halogenated alkanes) is 1. The zero-order valence-electron chi connectivity index (χ0n) is 20.9. The van der Waals surface area contributed by atoms with Crippen LogP contribution in [0.4, 0.5) is 0 Å². The molecule has 194 valence electrons. The molecule has 2 bridgehead atoms. The molecule has 0 radical (unpaired) electrons. The number of allylic oxidation sites excluding steroid dienone is 1. The molecule has 2 amide bonds. The average Bonchev–Trinajstić information content (AvgIpc) is 3.44. The molecule has 3 saturated heterocycles. The summed E-state index contributed by atoms with van der Waals surface area (Å²) in [5.41, 5.74) is 0. The van der Waals surface area contributed by atoms with Gasteiger partial charge in [-0.3, -0.25) is 14.4 Å². The molecule has 4 rings (SSSR count). The van der Waals surface area contributed by atoms with Crippen LogP contribution in [0.3, 0.4) is 0 Å². The van der Waals surface area contributed by atoms with E-state index in [9.17, 15) is 19.5 Å². The van der Waals surface area contributed by atoms with Crippen LogP contribution in [0.15, 0.2) is 25.3 Å². The van der Waals surface area contributed by atoms with Gasteiger partial charge in [-0.2, -0.15) is 0 Å². The van der Waals surface area contributed by atoms with Crippen molar-refractivity contribution in [3.8, 4) is 0 Å². The first-order chi connectivity index (χ1) is 16.9. The minimum Gasteiger partial charge on any atom is -0.465 e. The number of hydrogen-bond acceptors (Lipinski definition) is 6. The number of ether oxygens (including phenoxy) is 1. The number of likely N-dealkylation sites (tertiary alicyclic amines) is 1. The van der Waals surface area contributed by atoms with Gasteiger partial charge in [0.2, 0.25) is 11.8 Å². The molecule has 8 heteroatoms. The van der Waals surface area contributed by atoms with Crippen LogP contribution >= 0.6 is 11.8 Å². The molecule has 0 aromatic heterocycles. The number of β-amino-alcohol motifs (C(OH)–C–C–N with tert-alkyl or cyclic N) is 1. The molecule has 0 aromatic rings. The van der Waals surface area contributed by atoms with Crippen LogP contribution in [0.1, 0.15) is 58.3 Å². The molecule has 4 aliphatic rings. The first kappa shape index (κ1) is 26.3. The molecule has 1 spiro atoms. The molecule has 3 aliphatic heterocycles. The predicted octanol–water partition coefficient (Wildman–Crippen LogP) is 3.17. The van der Waals surface area contributed by atoms with Crippen LogP contribution in [0.25, 0.3) is 0 Å². The molecule has 0 aromatic carbocycles. The van der Waals surface area contributed by atoms with Crippen molar-refractivity contribution >= 4 is 29.5 Å². The van der Waals surface area contributed by atoms with E-state index >= 15 is 0 Å². The van der Waals surface area contributed by atoms with Gasteiger partial charge in [0, 0.05) is 24.4 Å². The first-order valence-electron chi connectivity index (χ1n) is 13.2. The Balaban J connectivity index is 1.66. The van der Waals surface area contributed by atoms with E-state index in [0.717, 1.165) is 38.5 Å². The maximum absolute atomic E-state index is 14.3. The number of carbonyl (C=O) groups excluding carboxylic acids is 3. The van der Waals surface area contributed by atoms with Crippen LogP contribution in [0, 0.1) is 17.8 Å². The monoisotopic (exact) mass is 504 g/mol. The minimum absolute atomic E-state index is 0.0278. The normalized spacial score (nSPS) is 34.1. The van der Waals surface area contributed by atoms with Gasteiger partial charge in [0.05, 0.1) is 29.8 Å². The Morgan fingerprint density at radius 1 is 1.26 bits per heavy atom. The lowest BCUT2D eigenvalue weighted by Crippen LogP contribution is -2.59. The maximum atomic E-state index is 14.3. The number of aliphatic hydroxyl groups excluding tert-OH is 1. The van der Waals surface area contributed by atoms with Crippen LogP contribution in [-0.4, -0.2) is 81.1 Å². The molecular formula is C27H40N2O5S. The fourth-order valence-electron chi connectivity index (χ4n) is 7.02. The van der Waals surface area contributed by atoms with Crippen molar-refractivity contribution in [2.45, 2.75) is 80.4 Å². The summed E-state index contributed by atoms with van der Waals surface area (Å²) in [4.78, 5) is 44.9. The summed E-state index contributed by atoms with van der Waals surface area (Å²) in [6.07, 6.45) is 11.1. The van der Waals surface area contributed by atoms with Gasteiger partial charge in [-0.15, -0.1) is 24.9 Å². The largest absolute Gasteiger partial charge is 0.465 e. The van der Waals surface area contributed by atoms with E-state index < -0.39 is 22.6 Å². The zero-order chi connectivity index (χ0) is 25.2. The van der Waals surface area contributed by atoms with Gasteiger partial charge < -0.3 is 19.6 Å². The average molecular weight is 505 g/mol. The summed E-state index contributed by atoms with van der Waals surface area (Å²) in [5.74, 6) is -1.60. The highest BCUT2D eigenvalue weighted by Gasteiger charge is 2.76. The summed E-state index contributed by atoms with van der Waals surface area (Å²) in [7, 11) is 0. The van der Waals surface area contributed by atoms with Gasteiger partial charge in [0.1, 0.15) is 6.04 Å². The quantitative estimate of drug-likeness (QED) is 0.264. The molecule has 4 fully saturated rings. The van der Waals surface area contributed by atoms with Crippen molar-refractivity contribution in [2.24, 2.45) is 17.8 Å². The Morgan fingerprint density at radius 2 is 2.00 bits per heavy atom. The second kappa shape index (κ2) is 11.1. The molecule has 6 atom stereocenters. The van der Waals surface area contributed by atoms with Crippen molar-refractivity contribution in [1.82, 2.24) is 9.80 Å². The SMILES string of the molecule is C=CCCCOC(=O)[C@@H]1[C@@H]2CC(C)C3(S2)C(C(=O)N(CC=C)C2CCCCC2)N(CCO)C(=O)[C@H]13. The molecule has 1 N–H and O–H groups in total. The minimum atomic E-state index is -0.683. The molecular weight excluding hydrogens is 464 g/mol. The molecule has 3 heterocycles. The summed E-state index contributed by atoms with van der Waals surface area (Å²) in [5, 5.41) is 9.80. The Morgan fingerprint density at radius 3 is 2.66 bits per heavy atom. The Hall–Kier alpha value is -1.80. The second-order valence-electron chi connectivity index (χ2n) is 10.5. The Bertz CT molecular complexity index is 843. The van der Waals surface area contributed by atoms with Gasteiger partial charge in [0.25, 0.3) is 0 Å². The zero-order valence-corrected chi connectivity index (χ0v) is 21.7. The molecule has 35 heavy (non-hydrogen) atoms. The van der Waals surface area contributed by atoms with Gasteiger partial charge in [0.15, 0.2) is 0 Å². The molecule has 1 aliphatic carbocycles. The van der Waals surface area contributed by atoms with Crippen LogP contribution in [0.2, 0.25) is 0 Å². The number of thioether (sulfide) groups is 1. The summed E-state index contributed by atoms with van der Waals surface area (Å²) in [6.45, 7) is 10.3. The van der Waals surface area contributed by atoms with Crippen molar-refractivity contribution in [2.75, 3.05) is 26.3 Å². The second-order valence-corrected chi connectivity index (χ2v) is 12.0. The smallest absolute Gasteiger partial charge is 0.310 e. The first-order valence-corrected chi connectivity index (χ1v) is 14.1. The lowest BCUT2D eigenvalue weighted by Gasteiger charge is -2.43. The van der Waals surface area contributed by atoms with E-state index in [0.29, 0.717) is 19.6 Å². The van der Waals surface area contributed by atoms with Crippen molar-refractivity contribution in [3.05, 3.63) is 25.3 Å². The number of esters is 1. The topological polar surface area (TPSA) is 87.2 Å². The number of fused-ring (bicyclic) bond motifs is 1. The summed E-state index contributed by atoms with van der Waals surface area (Å²) >= 11 is 1.66. The number of rotatable bonds is 11. The van der Waals surface area contributed by atoms with E-state index in [4.69, 9.17) is 4.74 Å². The lowest BCUT2D eigenvalue weighted by molar-refractivity contribution is -0.154. The number of amides is 2. The number of carbonyl (C=O) groups is 3. The highest BCUT2D eigenvalue weighted by Crippen LogP contribution is 2.68. The van der Waals surface area contributed by atoms with Crippen LogP contribution < -0.4 is 0 Å². The van der Waals surface area contributed by atoms with E-state index in [1.54, 1.807) is 28.8 Å². The van der Waals surface area contributed by atoms with Crippen molar-refractivity contribution in [3.63, 3.8) is 0 Å². The third-order valence-corrected chi connectivity index (χ3v) is 10.6. The van der Waals surface area contributed by atoms with Gasteiger partial charge in [-0.25, -0.2) is 0 Å². The summed E-state index contributed by atoms with van der Waals surface area (Å²) < 4.78 is 4.94. The number of aliphatic hydroxyl groups is 1. The Labute approximate surface area is 213 Å². The van der Waals surface area contributed by atoms with Gasteiger partial charge in [-0.1, -0.05) is 38.3 Å². The maximum Gasteiger partial charge on any atom is 0.310 e. The fourth-order valence-corrected chi connectivity index (χ4v) is 9.42. The third-order valence-electron chi connectivity index (χ3n) is 8.51. The number of hydrogen-bond donors (Lipinski definition) is 1. The van der Waals surface area contributed by atoms with E-state index in [-0.39, 0.29) is 48.1 Å². The van der Waals surface area contributed by atoms with Crippen LogP contribution in [-0.2, 0) is 19.1 Å². The van der Waals surface area contributed by atoms with Gasteiger partial charge >= 0.3 is 5.97 Å².